The molecule has 0 radical (unpaired) electrons. The smallest absolute Gasteiger partial charge is 0.0645 e. The number of nitrogens with zero attached hydrogens (tertiary/aromatic N) is 1. The van der Waals surface area contributed by atoms with E-state index in [1.807, 2.05) is 0 Å². The molecule has 0 saturated carbocycles. The Kier molecular flexibility index (Phi) is 4.84. The van der Waals surface area contributed by atoms with E-state index in [0.29, 0.717) is 0 Å². The zero-order valence-corrected chi connectivity index (χ0v) is 13.2. The lowest BCUT2D eigenvalue weighted by Gasteiger charge is -2.48. The predicted octanol–water partition coefficient (Wildman–Crippen LogP) is 2.88. The average Bonchev–Trinajstić information content (AvgIpc) is 2.42. The molecule has 2 N–H and O–H groups in total. The van der Waals surface area contributed by atoms with E-state index in [0.717, 1.165) is 26.2 Å². The largest absolute Gasteiger partial charge is 0.378 e. The molecule has 2 unspecified atom stereocenters. The predicted molar refractivity (Wildman–Crippen MR) is 83.8 cm³/mol. The summed E-state index contributed by atoms with van der Waals surface area (Å²) < 4.78 is 5.65. The van der Waals surface area contributed by atoms with Crippen molar-refractivity contribution in [1.82, 2.24) is 4.90 Å². The van der Waals surface area contributed by atoms with Crippen molar-refractivity contribution >= 4 is 0 Å². The molecule has 0 aromatic heterocycles. The number of morpholine rings is 1. The van der Waals surface area contributed by atoms with E-state index in [1.165, 1.54) is 11.1 Å². The van der Waals surface area contributed by atoms with Gasteiger partial charge in [-0.15, -0.1) is 0 Å². The molecule has 1 heterocycles. The molecule has 112 valence electrons. The first-order valence-electron chi connectivity index (χ1n) is 7.62. The maximum Gasteiger partial charge on any atom is 0.0645 e. The van der Waals surface area contributed by atoms with Crippen LogP contribution in [0.5, 0.6) is 0 Å². The monoisotopic (exact) mass is 276 g/mol. The van der Waals surface area contributed by atoms with Crippen LogP contribution >= 0.6 is 0 Å². The van der Waals surface area contributed by atoms with E-state index < -0.39 is 0 Å². The second-order valence-corrected chi connectivity index (χ2v) is 6.49. The fourth-order valence-electron chi connectivity index (χ4n) is 3.03. The highest BCUT2D eigenvalue weighted by Gasteiger charge is 2.38. The molecule has 1 fully saturated rings. The Hall–Kier alpha value is -0.900. The van der Waals surface area contributed by atoms with Crippen molar-refractivity contribution in [3.05, 3.63) is 35.4 Å². The van der Waals surface area contributed by atoms with Crippen molar-refractivity contribution in [2.24, 2.45) is 5.73 Å². The van der Waals surface area contributed by atoms with Gasteiger partial charge in [0.2, 0.25) is 0 Å². The molecule has 1 aliphatic rings. The van der Waals surface area contributed by atoms with E-state index in [2.05, 4.69) is 56.9 Å². The molecule has 20 heavy (non-hydrogen) atoms. The summed E-state index contributed by atoms with van der Waals surface area (Å²) in [7, 11) is 0. The van der Waals surface area contributed by atoms with Crippen LogP contribution in [0.25, 0.3) is 0 Å². The molecular formula is C17H28N2O. The Balaban J connectivity index is 2.34. The van der Waals surface area contributed by atoms with Crippen molar-refractivity contribution in [2.75, 3.05) is 19.8 Å². The summed E-state index contributed by atoms with van der Waals surface area (Å²) in [4.78, 5) is 2.52. The van der Waals surface area contributed by atoms with Crippen molar-refractivity contribution in [3.63, 3.8) is 0 Å². The number of hydrogen-bond donors (Lipinski definition) is 1. The second-order valence-electron chi connectivity index (χ2n) is 6.49. The van der Waals surface area contributed by atoms with Gasteiger partial charge in [0, 0.05) is 18.1 Å². The minimum atomic E-state index is 0.0284. The molecule has 1 aromatic rings. The molecular weight excluding hydrogens is 248 g/mol. The van der Waals surface area contributed by atoms with Crippen LogP contribution in [0, 0.1) is 6.92 Å². The highest BCUT2D eigenvalue weighted by molar-refractivity contribution is 5.26. The molecule has 2 atom stereocenters. The summed E-state index contributed by atoms with van der Waals surface area (Å²) in [6.07, 6.45) is 0.978. The van der Waals surface area contributed by atoms with Gasteiger partial charge in [0.15, 0.2) is 0 Å². The molecule has 3 heteroatoms. The Morgan fingerprint density at radius 3 is 2.50 bits per heavy atom. The lowest BCUT2D eigenvalue weighted by Crippen LogP contribution is -2.57. The third kappa shape index (κ3) is 3.22. The fraction of sp³-hybridized carbons (Fsp3) is 0.647. The Labute approximate surface area is 123 Å². The summed E-state index contributed by atoms with van der Waals surface area (Å²) in [5.41, 5.74) is 9.10. The molecule has 2 rings (SSSR count). The quantitative estimate of drug-likeness (QED) is 0.919. The first-order valence-corrected chi connectivity index (χ1v) is 7.62. The molecule has 1 saturated heterocycles. The van der Waals surface area contributed by atoms with Gasteiger partial charge in [-0.25, -0.2) is 0 Å². The van der Waals surface area contributed by atoms with Crippen LogP contribution in [0.4, 0.5) is 0 Å². The topological polar surface area (TPSA) is 38.5 Å². The summed E-state index contributed by atoms with van der Waals surface area (Å²) in [6.45, 7) is 11.3. The standard InChI is InChI=1S/C17H28N2O/c1-5-15(18)16(14-8-6-13(2)7-9-14)19-10-11-20-12-17(19,3)4/h6-9,15-16H,5,10-12,18H2,1-4H3. The Bertz CT molecular complexity index is 427. The van der Waals surface area contributed by atoms with Crippen molar-refractivity contribution in [1.29, 1.82) is 0 Å². The zero-order valence-electron chi connectivity index (χ0n) is 13.2. The number of aryl methyl sites for hydroxylation is 1. The van der Waals surface area contributed by atoms with Crippen LogP contribution in [0.2, 0.25) is 0 Å². The summed E-state index contributed by atoms with van der Waals surface area (Å²) in [6, 6.07) is 9.22. The lowest BCUT2D eigenvalue weighted by atomic mass is 9.90. The second kappa shape index (κ2) is 6.25. The van der Waals surface area contributed by atoms with Gasteiger partial charge >= 0.3 is 0 Å². The summed E-state index contributed by atoms with van der Waals surface area (Å²) >= 11 is 0. The maximum absolute atomic E-state index is 6.46. The SMILES string of the molecule is CCC(N)C(c1ccc(C)cc1)N1CCOCC1(C)C. The molecule has 3 nitrogen and oxygen atoms in total. The summed E-state index contributed by atoms with van der Waals surface area (Å²) in [5, 5.41) is 0. The minimum absolute atomic E-state index is 0.0284. The fourth-order valence-corrected chi connectivity index (χ4v) is 3.03. The van der Waals surface area contributed by atoms with Crippen LogP contribution in [0.1, 0.15) is 44.4 Å². The van der Waals surface area contributed by atoms with E-state index in [4.69, 9.17) is 10.5 Å². The van der Waals surface area contributed by atoms with E-state index >= 15 is 0 Å². The van der Waals surface area contributed by atoms with Crippen LogP contribution in [0.3, 0.4) is 0 Å². The van der Waals surface area contributed by atoms with Crippen LogP contribution in [-0.4, -0.2) is 36.2 Å². The third-order valence-electron chi connectivity index (χ3n) is 4.34. The third-order valence-corrected chi connectivity index (χ3v) is 4.34. The van der Waals surface area contributed by atoms with Gasteiger partial charge in [0.25, 0.3) is 0 Å². The van der Waals surface area contributed by atoms with Gasteiger partial charge < -0.3 is 10.5 Å². The molecule has 1 aromatic carbocycles. The van der Waals surface area contributed by atoms with E-state index in [9.17, 15) is 0 Å². The first kappa shape index (κ1) is 15.5. The van der Waals surface area contributed by atoms with Crippen LogP contribution in [-0.2, 0) is 4.74 Å². The van der Waals surface area contributed by atoms with Crippen LogP contribution < -0.4 is 5.73 Å². The van der Waals surface area contributed by atoms with Crippen LogP contribution in [0.15, 0.2) is 24.3 Å². The number of ether oxygens (including phenoxy) is 1. The number of benzene rings is 1. The highest BCUT2D eigenvalue weighted by atomic mass is 16.5. The maximum atomic E-state index is 6.46. The molecule has 0 bridgehead atoms. The normalized spacial score (nSPS) is 22.4. The lowest BCUT2D eigenvalue weighted by molar-refractivity contribution is -0.0777. The van der Waals surface area contributed by atoms with E-state index in [1.54, 1.807) is 0 Å². The molecule has 0 aliphatic carbocycles. The Morgan fingerprint density at radius 2 is 1.95 bits per heavy atom. The Morgan fingerprint density at radius 1 is 1.30 bits per heavy atom. The minimum Gasteiger partial charge on any atom is -0.378 e. The van der Waals surface area contributed by atoms with Gasteiger partial charge in [-0.3, -0.25) is 4.90 Å². The zero-order chi connectivity index (χ0) is 14.8. The van der Waals surface area contributed by atoms with Gasteiger partial charge in [0.1, 0.15) is 0 Å². The van der Waals surface area contributed by atoms with Gasteiger partial charge in [0.05, 0.1) is 19.3 Å². The molecule has 0 spiro atoms. The van der Waals surface area contributed by atoms with Gasteiger partial charge in [-0.2, -0.15) is 0 Å². The molecule has 0 amide bonds. The highest BCUT2D eigenvalue weighted by Crippen LogP contribution is 2.33. The van der Waals surface area contributed by atoms with Crippen molar-refractivity contribution in [2.45, 2.75) is 51.7 Å². The van der Waals surface area contributed by atoms with Crippen molar-refractivity contribution < 1.29 is 4.74 Å². The summed E-state index contributed by atoms with van der Waals surface area (Å²) in [5.74, 6) is 0. The number of rotatable bonds is 4. The average molecular weight is 276 g/mol. The number of nitrogens with two attached hydrogens (primary N) is 1. The van der Waals surface area contributed by atoms with Crippen molar-refractivity contribution in [3.8, 4) is 0 Å². The van der Waals surface area contributed by atoms with Gasteiger partial charge in [-0.1, -0.05) is 36.8 Å². The van der Waals surface area contributed by atoms with E-state index in [-0.39, 0.29) is 17.6 Å². The molecule has 1 aliphatic heterocycles. The van der Waals surface area contributed by atoms with Gasteiger partial charge in [-0.05, 0) is 32.8 Å². The first-order chi connectivity index (χ1) is 9.45. The number of hydrogen-bond acceptors (Lipinski definition) is 3.